The van der Waals surface area contributed by atoms with Crippen LogP contribution in [0.3, 0.4) is 0 Å². The summed E-state index contributed by atoms with van der Waals surface area (Å²) in [5, 5.41) is 5.90. The van der Waals surface area contributed by atoms with Crippen molar-refractivity contribution in [1.82, 2.24) is 5.32 Å². The van der Waals surface area contributed by atoms with Gasteiger partial charge in [-0.3, -0.25) is 4.79 Å². The highest BCUT2D eigenvalue weighted by Gasteiger charge is 2.03. The molecule has 0 aliphatic heterocycles. The molecule has 2 N–H and O–H groups in total. The van der Waals surface area contributed by atoms with Gasteiger partial charge in [0.15, 0.2) is 0 Å². The second-order valence-corrected chi connectivity index (χ2v) is 3.23. The molecular formula is C12H16N2O. The average Bonchev–Trinajstić information content (AvgIpc) is 2.21. The summed E-state index contributed by atoms with van der Waals surface area (Å²) in [6, 6.07) is 7.74. The molecule has 80 valence electrons. The first kappa shape index (κ1) is 11.5. The molecule has 1 aromatic rings. The Labute approximate surface area is 90.2 Å². The Morgan fingerprint density at radius 1 is 1.47 bits per heavy atom. The van der Waals surface area contributed by atoms with E-state index in [1.807, 2.05) is 31.3 Å². The average molecular weight is 204 g/mol. The molecule has 15 heavy (non-hydrogen) atoms. The number of para-hydroxylation sites is 1. The normalized spacial score (nSPS) is 9.67. The van der Waals surface area contributed by atoms with Gasteiger partial charge in [-0.2, -0.15) is 0 Å². The molecule has 0 aromatic heterocycles. The Hall–Kier alpha value is -1.61. The van der Waals surface area contributed by atoms with Gasteiger partial charge in [0, 0.05) is 18.7 Å². The van der Waals surface area contributed by atoms with Crippen LogP contribution in [0.1, 0.15) is 12.0 Å². The third-order valence-corrected chi connectivity index (χ3v) is 1.99. The lowest BCUT2D eigenvalue weighted by atomic mass is 10.1. The predicted molar refractivity (Wildman–Crippen MR) is 62.6 cm³/mol. The maximum Gasteiger partial charge on any atom is 0.228 e. The first-order chi connectivity index (χ1) is 7.27. The van der Waals surface area contributed by atoms with Crippen LogP contribution in [0.5, 0.6) is 0 Å². The molecule has 0 saturated heterocycles. The number of hydrogen-bond acceptors (Lipinski definition) is 2. The Balaban J connectivity index is 2.74. The Morgan fingerprint density at radius 2 is 2.20 bits per heavy atom. The molecular weight excluding hydrogens is 188 g/mol. The monoisotopic (exact) mass is 204 g/mol. The molecule has 0 radical (unpaired) electrons. The maximum absolute atomic E-state index is 11.4. The summed E-state index contributed by atoms with van der Waals surface area (Å²) in [5.74, 6) is -0.0337. The van der Waals surface area contributed by atoms with Gasteiger partial charge in [0.05, 0.1) is 0 Å². The van der Waals surface area contributed by atoms with Crippen molar-refractivity contribution in [2.24, 2.45) is 0 Å². The van der Waals surface area contributed by atoms with Crippen molar-refractivity contribution in [2.75, 3.05) is 12.4 Å². The zero-order chi connectivity index (χ0) is 11.1. The Bertz CT molecular complexity index is 347. The van der Waals surface area contributed by atoms with Gasteiger partial charge in [0.25, 0.3) is 0 Å². The molecule has 0 aliphatic carbocycles. The summed E-state index contributed by atoms with van der Waals surface area (Å²) in [5.41, 5.74) is 1.94. The standard InChI is InChI=1S/C12H16N2O/c1-3-6-12(15)14-11-8-5-4-7-10(11)9-13-2/h3-5,7-8,13H,1,6,9H2,2H3,(H,14,15). The number of benzene rings is 1. The summed E-state index contributed by atoms with van der Waals surface area (Å²) >= 11 is 0. The van der Waals surface area contributed by atoms with Gasteiger partial charge < -0.3 is 10.6 Å². The van der Waals surface area contributed by atoms with Gasteiger partial charge in [-0.05, 0) is 18.7 Å². The van der Waals surface area contributed by atoms with Crippen LogP contribution in [0, 0.1) is 0 Å². The molecule has 0 unspecified atom stereocenters. The minimum atomic E-state index is -0.0337. The van der Waals surface area contributed by atoms with E-state index in [1.165, 1.54) is 0 Å². The van der Waals surface area contributed by atoms with Crippen LogP contribution in [0.15, 0.2) is 36.9 Å². The van der Waals surface area contributed by atoms with Crippen LogP contribution in [-0.4, -0.2) is 13.0 Å². The fraction of sp³-hybridized carbons (Fsp3) is 0.250. The van der Waals surface area contributed by atoms with Gasteiger partial charge >= 0.3 is 0 Å². The molecule has 3 nitrogen and oxygen atoms in total. The second-order valence-electron chi connectivity index (χ2n) is 3.23. The Kier molecular flexibility index (Phi) is 4.57. The van der Waals surface area contributed by atoms with E-state index in [9.17, 15) is 4.79 Å². The van der Waals surface area contributed by atoms with E-state index < -0.39 is 0 Å². The summed E-state index contributed by atoms with van der Waals surface area (Å²) < 4.78 is 0. The highest BCUT2D eigenvalue weighted by Crippen LogP contribution is 2.14. The lowest BCUT2D eigenvalue weighted by molar-refractivity contribution is -0.115. The predicted octanol–water partition coefficient (Wildman–Crippen LogP) is 1.92. The number of anilines is 1. The van der Waals surface area contributed by atoms with Crippen molar-refractivity contribution >= 4 is 11.6 Å². The number of carbonyl (C=O) groups is 1. The van der Waals surface area contributed by atoms with Crippen molar-refractivity contribution in [3.05, 3.63) is 42.5 Å². The highest BCUT2D eigenvalue weighted by atomic mass is 16.1. The largest absolute Gasteiger partial charge is 0.326 e. The summed E-state index contributed by atoms with van der Waals surface area (Å²) in [7, 11) is 1.88. The lowest BCUT2D eigenvalue weighted by Gasteiger charge is -2.09. The lowest BCUT2D eigenvalue weighted by Crippen LogP contribution is -2.14. The molecule has 0 bridgehead atoms. The first-order valence-electron chi connectivity index (χ1n) is 4.91. The minimum Gasteiger partial charge on any atom is -0.326 e. The first-order valence-corrected chi connectivity index (χ1v) is 4.91. The van der Waals surface area contributed by atoms with Crippen molar-refractivity contribution in [1.29, 1.82) is 0 Å². The number of hydrogen-bond donors (Lipinski definition) is 2. The van der Waals surface area contributed by atoms with Crippen LogP contribution in [0.2, 0.25) is 0 Å². The fourth-order valence-electron chi connectivity index (χ4n) is 1.32. The summed E-state index contributed by atoms with van der Waals surface area (Å²) in [6.07, 6.45) is 1.93. The molecule has 1 rings (SSSR count). The summed E-state index contributed by atoms with van der Waals surface area (Å²) in [6.45, 7) is 4.27. The number of rotatable bonds is 5. The van der Waals surface area contributed by atoms with Crippen molar-refractivity contribution < 1.29 is 4.79 Å². The van der Waals surface area contributed by atoms with E-state index in [0.717, 1.165) is 17.8 Å². The zero-order valence-corrected chi connectivity index (χ0v) is 8.92. The summed E-state index contributed by atoms with van der Waals surface area (Å²) in [4.78, 5) is 11.4. The van der Waals surface area contributed by atoms with Gasteiger partial charge in [-0.15, -0.1) is 6.58 Å². The fourth-order valence-corrected chi connectivity index (χ4v) is 1.32. The molecule has 0 saturated carbocycles. The smallest absolute Gasteiger partial charge is 0.228 e. The second kappa shape index (κ2) is 5.98. The van der Waals surface area contributed by atoms with Crippen LogP contribution in [-0.2, 0) is 11.3 Å². The molecule has 0 spiro atoms. The molecule has 0 aliphatic rings. The molecule has 1 amide bonds. The Morgan fingerprint density at radius 3 is 2.87 bits per heavy atom. The van der Waals surface area contributed by atoms with Crippen LogP contribution < -0.4 is 10.6 Å². The molecule has 0 atom stereocenters. The van der Waals surface area contributed by atoms with Crippen molar-refractivity contribution in [3.63, 3.8) is 0 Å². The maximum atomic E-state index is 11.4. The van der Waals surface area contributed by atoms with Crippen molar-refractivity contribution in [3.8, 4) is 0 Å². The minimum absolute atomic E-state index is 0.0337. The number of carbonyl (C=O) groups excluding carboxylic acids is 1. The number of nitrogens with one attached hydrogen (secondary N) is 2. The van der Waals surface area contributed by atoms with E-state index in [4.69, 9.17) is 0 Å². The van der Waals surface area contributed by atoms with Gasteiger partial charge in [-0.1, -0.05) is 24.3 Å². The molecule has 3 heteroatoms. The molecule has 0 heterocycles. The zero-order valence-electron chi connectivity index (χ0n) is 8.92. The van der Waals surface area contributed by atoms with E-state index in [-0.39, 0.29) is 5.91 Å². The van der Waals surface area contributed by atoms with Crippen LogP contribution >= 0.6 is 0 Å². The third-order valence-electron chi connectivity index (χ3n) is 1.99. The quantitative estimate of drug-likeness (QED) is 0.719. The van der Waals surface area contributed by atoms with Crippen molar-refractivity contribution in [2.45, 2.75) is 13.0 Å². The van der Waals surface area contributed by atoms with Crippen LogP contribution in [0.25, 0.3) is 0 Å². The van der Waals surface area contributed by atoms with E-state index >= 15 is 0 Å². The molecule has 1 aromatic carbocycles. The van der Waals surface area contributed by atoms with Gasteiger partial charge in [0.1, 0.15) is 0 Å². The third kappa shape index (κ3) is 3.56. The van der Waals surface area contributed by atoms with E-state index in [2.05, 4.69) is 17.2 Å². The topological polar surface area (TPSA) is 41.1 Å². The van der Waals surface area contributed by atoms with Gasteiger partial charge in [-0.25, -0.2) is 0 Å². The number of amides is 1. The van der Waals surface area contributed by atoms with E-state index in [1.54, 1.807) is 6.08 Å². The highest BCUT2D eigenvalue weighted by molar-refractivity contribution is 5.92. The van der Waals surface area contributed by atoms with Gasteiger partial charge in [0.2, 0.25) is 5.91 Å². The molecule has 0 fully saturated rings. The van der Waals surface area contributed by atoms with E-state index in [0.29, 0.717) is 6.42 Å². The SMILES string of the molecule is C=CCC(=O)Nc1ccccc1CNC. The van der Waals surface area contributed by atoms with Crippen LogP contribution in [0.4, 0.5) is 5.69 Å².